The monoisotopic (exact) mass is 219 g/mol. The average molecular weight is 219 g/mol. The number of ether oxygens (including phenoxy) is 1. The quantitative estimate of drug-likeness (QED) is 0.841. The molecule has 0 fully saturated rings. The fraction of sp³-hybridized carbons (Fsp3) is 0.273. The lowest BCUT2D eigenvalue weighted by Gasteiger charge is -2.05. The second kappa shape index (κ2) is 4.22. The van der Waals surface area contributed by atoms with Crippen LogP contribution in [-0.4, -0.2) is 22.5 Å². The van der Waals surface area contributed by atoms with E-state index in [1.165, 1.54) is 0 Å². The van der Waals surface area contributed by atoms with E-state index >= 15 is 0 Å². The van der Waals surface area contributed by atoms with Crippen LogP contribution in [0.25, 0.3) is 10.9 Å². The zero-order valence-corrected chi connectivity index (χ0v) is 9.23. The van der Waals surface area contributed by atoms with Crippen molar-refractivity contribution in [2.75, 3.05) is 11.9 Å². The molecule has 2 rings (SSSR count). The first-order valence-electron chi connectivity index (χ1n) is 5.06. The fourth-order valence-corrected chi connectivity index (χ4v) is 1.51. The lowest BCUT2D eigenvalue weighted by molar-refractivity contribution is 0.168. The Bertz CT molecular complexity index is 519. The molecule has 1 amide bonds. The maximum atomic E-state index is 11.2. The van der Waals surface area contributed by atoms with Gasteiger partial charge in [-0.3, -0.25) is 10.00 Å². The van der Waals surface area contributed by atoms with E-state index in [-0.39, 0.29) is 0 Å². The number of nitrogens with zero attached hydrogens (tertiary/aromatic N) is 2. The molecule has 0 aliphatic heterocycles. The summed E-state index contributed by atoms with van der Waals surface area (Å²) in [6.45, 7) is 2.13. The van der Waals surface area contributed by atoms with E-state index in [0.717, 1.165) is 10.9 Å². The first kappa shape index (κ1) is 10.5. The van der Waals surface area contributed by atoms with Crippen LogP contribution < -0.4 is 5.32 Å². The average Bonchev–Trinajstić information content (AvgIpc) is 2.61. The number of benzene rings is 1. The van der Waals surface area contributed by atoms with Gasteiger partial charge < -0.3 is 4.74 Å². The van der Waals surface area contributed by atoms with Gasteiger partial charge in [0.05, 0.1) is 18.3 Å². The van der Waals surface area contributed by atoms with E-state index < -0.39 is 6.09 Å². The molecular formula is C11H13N3O2. The molecule has 0 unspecified atom stereocenters. The van der Waals surface area contributed by atoms with Crippen molar-refractivity contribution in [3.8, 4) is 0 Å². The zero-order chi connectivity index (χ0) is 11.5. The van der Waals surface area contributed by atoms with Gasteiger partial charge in [0.15, 0.2) is 0 Å². The van der Waals surface area contributed by atoms with Crippen molar-refractivity contribution in [2.45, 2.75) is 6.92 Å². The Labute approximate surface area is 93.0 Å². The van der Waals surface area contributed by atoms with Gasteiger partial charge in [0.1, 0.15) is 0 Å². The Balaban J connectivity index is 2.25. The minimum Gasteiger partial charge on any atom is -0.450 e. The Morgan fingerprint density at radius 1 is 1.56 bits per heavy atom. The van der Waals surface area contributed by atoms with Gasteiger partial charge in [0.2, 0.25) is 0 Å². The molecule has 1 heterocycles. The summed E-state index contributed by atoms with van der Waals surface area (Å²) in [5.41, 5.74) is 1.67. The van der Waals surface area contributed by atoms with Crippen LogP contribution in [0.2, 0.25) is 0 Å². The molecule has 16 heavy (non-hydrogen) atoms. The number of carbonyl (C=O) groups excluding carboxylic acids is 1. The van der Waals surface area contributed by atoms with Crippen LogP contribution in [-0.2, 0) is 11.8 Å². The minimum absolute atomic E-state index is 0.361. The topological polar surface area (TPSA) is 56.1 Å². The van der Waals surface area contributed by atoms with E-state index in [2.05, 4.69) is 10.4 Å². The van der Waals surface area contributed by atoms with E-state index in [9.17, 15) is 4.79 Å². The number of aryl methyl sites for hydroxylation is 1. The van der Waals surface area contributed by atoms with Crippen molar-refractivity contribution in [2.24, 2.45) is 7.05 Å². The van der Waals surface area contributed by atoms with Crippen molar-refractivity contribution in [1.29, 1.82) is 0 Å². The molecule has 0 aliphatic carbocycles. The number of rotatable bonds is 2. The number of carbonyl (C=O) groups is 1. The summed E-state index contributed by atoms with van der Waals surface area (Å²) in [7, 11) is 1.86. The molecule has 0 saturated carbocycles. The zero-order valence-electron chi connectivity index (χ0n) is 9.23. The molecule has 2 aromatic rings. The molecule has 0 spiro atoms. The molecule has 0 radical (unpaired) electrons. The van der Waals surface area contributed by atoms with Gasteiger partial charge in [-0.05, 0) is 25.1 Å². The van der Waals surface area contributed by atoms with Gasteiger partial charge in [-0.1, -0.05) is 0 Å². The number of fused-ring (bicyclic) bond motifs is 1. The smallest absolute Gasteiger partial charge is 0.411 e. The number of hydrogen-bond donors (Lipinski definition) is 1. The number of amides is 1. The van der Waals surface area contributed by atoms with Crippen molar-refractivity contribution in [1.82, 2.24) is 9.78 Å². The predicted octanol–water partition coefficient (Wildman–Crippen LogP) is 2.14. The summed E-state index contributed by atoms with van der Waals surface area (Å²) in [6, 6.07) is 5.59. The van der Waals surface area contributed by atoms with Crippen LogP contribution in [0.15, 0.2) is 24.4 Å². The van der Waals surface area contributed by atoms with Crippen LogP contribution in [0.4, 0.5) is 10.5 Å². The van der Waals surface area contributed by atoms with Gasteiger partial charge in [0, 0.05) is 18.1 Å². The van der Waals surface area contributed by atoms with E-state index in [4.69, 9.17) is 4.74 Å². The summed E-state index contributed by atoms with van der Waals surface area (Å²) in [6.07, 6.45) is 1.34. The van der Waals surface area contributed by atoms with Crippen LogP contribution in [0.1, 0.15) is 6.92 Å². The van der Waals surface area contributed by atoms with E-state index in [1.54, 1.807) is 17.8 Å². The molecule has 84 valence electrons. The molecule has 5 heteroatoms. The number of hydrogen-bond acceptors (Lipinski definition) is 3. The SMILES string of the molecule is CCOC(=O)Nc1ccc2cnn(C)c2c1. The van der Waals surface area contributed by atoms with Crippen molar-refractivity contribution < 1.29 is 9.53 Å². The highest BCUT2D eigenvalue weighted by Gasteiger charge is 2.04. The van der Waals surface area contributed by atoms with E-state index in [1.807, 2.05) is 25.2 Å². The third-order valence-electron chi connectivity index (χ3n) is 2.27. The summed E-state index contributed by atoms with van der Waals surface area (Å²) in [5.74, 6) is 0. The highest BCUT2D eigenvalue weighted by molar-refractivity contribution is 5.89. The molecule has 0 atom stereocenters. The molecule has 0 aliphatic rings. The normalized spacial score (nSPS) is 10.4. The Kier molecular flexibility index (Phi) is 2.76. The molecule has 1 aromatic carbocycles. The third-order valence-corrected chi connectivity index (χ3v) is 2.27. The molecule has 1 aromatic heterocycles. The van der Waals surface area contributed by atoms with Gasteiger partial charge in [-0.25, -0.2) is 4.79 Å². The number of anilines is 1. The third kappa shape index (κ3) is 1.98. The van der Waals surface area contributed by atoms with Gasteiger partial charge in [0.25, 0.3) is 0 Å². The lowest BCUT2D eigenvalue weighted by Crippen LogP contribution is -2.13. The molecular weight excluding hydrogens is 206 g/mol. The van der Waals surface area contributed by atoms with Crippen LogP contribution >= 0.6 is 0 Å². The van der Waals surface area contributed by atoms with Crippen molar-refractivity contribution in [3.05, 3.63) is 24.4 Å². The van der Waals surface area contributed by atoms with Crippen LogP contribution in [0.5, 0.6) is 0 Å². The first-order valence-corrected chi connectivity index (χ1v) is 5.06. The number of aromatic nitrogens is 2. The largest absolute Gasteiger partial charge is 0.450 e. The summed E-state index contributed by atoms with van der Waals surface area (Å²) < 4.78 is 6.55. The van der Waals surface area contributed by atoms with Gasteiger partial charge in [-0.2, -0.15) is 5.10 Å². The summed E-state index contributed by atoms with van der Waals surface area (Å²) >= 11 is 0. The van der Waals surface area contributed by atoms with Gasteiger partial charge >= 0.3 is 6.09 Å². The molecule has 1 N–H and O–H groups in total. The Morgan fingerprint density at radius 2 is 2.38 bits per heavy atom. The highest BCUT2D eigenvalue weighted by Crippen LogP contribution is 2.18. The van der Waals surface area contributed by atoms with Crippen LogP contribution in [0, 0.1) is 0 Å². The molecule has 0 bridgehead atoms. The second-order valence-electron chi connectivity index (χ2n) is 3.39. The summed E-state index contributed by atoms with van der Waals surface area (Å²) in [5, 5.41) is 7.81. The number of nitrogens with one attached hydrogen (secondary N) is 1. The standard InChI is InChI=1S/C11H13N3O2/c1-3-16-11(15)13-9-5-4-8-7-12-14(2)10(8)6-9/h4-7H,3H2,1-2H3,(H,13,15). The summed E-state index contributed by atoms with van der Waals surface area (Å²) in [4.78, 5) is 11.2. The maximum Gasteiger partial charge on any atom is 0.411 e. The van der Waals surface area contributed by atoms with Gasteiger partial charge in [-0.15, -0.1) is 0 Å². The molecule has 0 saturated heterocycles. The predicted molar refractivity (Wildman–Crippen MR) is 61.4 cm³/mol. The van der Waals surface area contributed by atoms with Crippen molar-refractivity contribution in [3.63, 3.8) is 0 Å². The lowest BCUT2D eigenvalue weighted by atomic mass is 10.2. The highest BCUT2D eigenvalue weighted by atomic mass is 16.5. The van der Waals surface area contributed by atoms with E-state index in [0.29, 0.717) is 12.3 Å². The Morgan fingerprint density at radius 3 is 3.12 bits per heavy atom. The Hall–Kier alpha value is -2.04. The molecule has 5 nitrogen and oxygen atoms in total. The first-order chi connectivity index (χ1) is 7.70. The fourth-order valence-electron chi connectivity index (χ4n) is 1.51. The van der Waals surface area contributed by atoms with Crippen molar-refractivity contribution >= 4 is 22.7 Å². The maximum absolute atomic E-state index is 11.2. The van der Waals surface area contributed by atoms with Crippen LogP contribution in [0.3, 0.4) is 0 Å². The minimum atomic E-state index is -0.441. The second-order valence-corrected chi connectivity index (χ2v) is 3.39.